The zero-order valence-electron chi connectivity index (χ0n) is 13.3. The second-order valence-corrected chi connectivity index (χ2v) is 7.21. The van der Waals surface area contributed by atoms with Crippen LogP contribution in [-0.4, -0.2) is 47.2 Å². The maximum absolute atomic E-state index is 11.4. The molecule has 0 radical (unpaired) electrons. The number of nitrogens with zero attached hydrogens (tertiary/aromatic N) is 2. The van der Waals surface area contributed by atoms with Crippen molar-refractivity contribution >= 4 is 17.3 Å². The largest absolute Gasteiger partial charge is 0.489 e. The summed E-state index contributed by atoms with van der Waals surface area (Å²) in [4.78, 5) is 19.1. The lowest BCUT2D eigenvalue weighted by atomic mass is 10.1. The number of aromatic carboxylic acids is 1. The highest BCUT2D eigenvalue weighted by Gasteiger charge is 2.20. The molecule has 2 heterocycles. The Balaban J connectivity index is 1.89. The summed E-state index contributed by atoms with van der Waals surface area (Å²) in [7, 11) is 2.08. The van der Waals surface area contributed by atoms with Crippen LogP contribution in [0.1, 0.15) is 28.1 Å². The smallest absolute Gasteiger partial charge is 0.335 e. The molecule has 1 aliphatic heterocycles. The molecule has 0 aliphatic carbocycles. The van der Waals surface area contributed by atoms with Gasteiger partial charge in [0.15, 0.2) is 0 Å². The van der Waals surface area contributed by atoms with E-state index in [0.29, 0.717) is 5.75 Å². The van der Waals surface area contributed by atoms with Crippen molar-refractivity contribution < 1.29 is 14.6 Å². The van der Waals surface area contributed by atoms with E-state index in [1.54, 1.807) is 29.7 Å². The molecule has 3 rings (SSSR count). The van der Waals surface area contributed by atoms with Crippen LogP contribution in [0.15, 0.2) is 24.4 Å². The van der Waals surface area contributed by atoms with E-state index in [-0.39, 0.29) is 11.7 Å². The van der Waals surface area contributed by atoms with Gasteiger partial charge in [-0.25, -0.2) is 9.78 Å². The second-order valence-electron chi connectivity index (χ2n) is 5.97. The highest BCUT2D eigenvalue weighted by molar-refractivity contribution is 7.14. The lowest BCUT2D eigenvalue weighted by molar-refractivity contribution is 0.0694. The molecule has 0 saturated carbocycles. The predicted octanol–water partition coefficient (Wildman–Crippen LogP) is 3.29. The molecule has 23 heavy (non-hydrogen) atoms. The summed E-state index contributed by atoms with van der Waals surface area (Å²) in [5, 5.41) is 10.2. The van der Waals surface area contributed by atoms with Gasteiger partial charge in [0.2, 0.25) is 0 Å². The van der Waals surface area contributed by atoms with E-state index in [0.717, 1.165) is 41.4 Å². The Morgan fingerprint density at radius 3 is 2.91 bits per heavy atom. The molecule has 1 aromatic heterocycles. The lowest BCUT2D eigenvalue weighted by Crippen LogP contribution is -2.38. The van der Waals surface area contributed by atoms with Crippen molar-refractivity contribution in [3.63, 3.8) is 0 Å². The highest BCUT2D eigenvalue weighted by Crippen LogP contribution is 2.30. The number of hydrogen-bond acceptors (Lipinski definition) is 5. The summed E-state index contributed by atoms with van der Waals surface area (Å²) in [6, 6.07) is 5.14. The zero-order valence-corrected chi connectivity index (χ0v) is 14.1. The Morgan fingerprint density at radius 2 is 2.26 bits per heavy atom. The molecule has 5 nitrogen and oxygen atoms in total. The average molecular weight is 332 g/mol. The van der Waals surface area contributed by atoms with E-state index >= 15 is 0 Å². The molecule has 1 fully saturated rings. The number of likely N-dealkylation sites (tertiary alicyclic amines) is 1. The maximum atomic E-state index is 11.4. The van der Waals surface area contributed by atoms with Gasteiger partial charge in [-0.05, 0) is 51.6 Å². The summed E-state index contributed by atoms with van der Waals surface area (Å²) in [5.41, 5.74) is 1.02. The standard InChI is InChI=1S/C17H20N2O3S/c1-11-9-18-16(23-11)12-6-13(17(20)21)8-15(7-12)22-14-4-3-5-19(2)10-14/h6-9,14H,3-5,10H2,1-2H3,(H,20,21)/t14-/m0/s1. The van der Waals surface area contributed by atoms with E-state index in [1.165, 1.54) is 0 Å². The number of carboxylic acid groups (broad SMARTS) is 1. The molecule has 2 aromatic rings. The Hall–Kier alpha value is -1.92. The van der Waals surface area contributed by atoms with Gasteiger partial charge in [-0.2, -0.15) is 0 Å². The van der Waals surface area contributed by atoms with Gasteiger partial charge in [-0.15, -0.1) is 11.3 Å². The van der Waals surface area contributed by atoms with Gasteiger partial charge in [0.25, 0.3) is 0 Å². The lowest BCUT2D eigenvalue weighted by Gasteiger charge is -2.30. The van der Waals surface area contributed by atoms with Gasteiger partial charge in [-0.1, -0.05) is 0 Å². The molecule has 1 aromatic carbocycles. The van der Waals surface area contributed by atoms with Gasteiger partial charge in [0, 0.05) is 23.2 Å². The second kappa shape index (κ2) is 6.68. The fourth-order valence-electron chi connectivity index (χ4n) is 2.81. The third-order valence-electron chi connectivity index (χ3n) is 3.91. The number of piperidine rings is 1. The molecule has 1 atom stereocenters. The minimum Gasteiger partial charge on any atom is -0.489 e. The molecule has 1 saturated heterocycles. The van der Waals surface area contributed by atoms with Crippen LogP contribution >= 0.6 is 11.3 Å². The molecule has 0 amide bonds. The van der Waals surface area contributed by atoms with Gasteiger partial charge < -0.3 is 14.7 Å². The minimum absolute atomic E-state index is 0.101. The number of rotatable bonds is 4. The molecule has 0 unspecified atom stereocenters. The summed E-state index contributed by atoms with van der Waals surface area (Å²) in [5.74, 6) is -0.348. The molecular weight excluding hydrogens is 312 g/mol. The zero-order chi connectivity index (χ0) is 16.4. The van der Waals surface area contributed by atoms with E-state index in [4.69, 9.17) is 4.74 Å². The normalized spacial score (nSPS) is 18.8. The molecule has 0 bridgehead atoms. The van der Waals surface area contributed by atoms with E-state index in [2.05, 4.69) is 16.9 Å². The van der Waals surface area contributed by atoms with E-state index in [9.17, 15) is 9.90 Å². The summed E-state index contributed by atoms with van der Waals surface area (Å²) in [6.45, 7) is 3.93. The van der Waals surface area contributed by atoms with E-state index in [1.807, 2.05) is 13.0 Å². The van der Waals surface area contributed by atoms with Crippen LogP contribution in [0.4, 0.5) is 0 Å². The predicted molar refractivity (Wildman–Crippen MR) is 90.4 cm³/mol. The monoisotopic (exact) mass is 332 g/mol. The van der Waals surface area contributed by atoms with E-state index < -0.39 is 5.97 Å². The molecule has 1 N–H and O–H groups in total. The quantitative estimate of drug-likeness (QED) is 0.931. The number of aromatic nitrogens is 1. The molecule has 6 heteroatoms. The number of benzene rings is 1. The SMILES string of the molecule is Cc1cnc(-c2cc(O[C@H]3CCCN(C)C3)cc(C(=O)O)c2)s1. The first-order valence-electron chi connectivity index (χ1n) is 7.67. The minimum atomic E-state index is -0.953. The van der Waals surface area contributed by atoms with Crippen molar-refractivity contribution in [2.24, 2.45) is 0 Å². The van der Waals surface area contributed by atoms with Crippen molar-refractivity contribution in [1.82, 2.24) is 9.88 Å². The first-order chi connectivity index (χ1) is 11.0. The Labute approximate surface area is 139 Å². The number of likely N-dealkylation sites (N-methyl/N-ethyl adjacent to an activating group) is 1. The van der Waals surface area contributed by atoms with Gasteiger partial charge >= 0.3 is 5.97 Å². The molecule has 0 spiro atoms. The van der Waals surface area contributed by atoms with Crippen molar-refractivity contribution in [1.29, 1.82) is 0 Å². The molecule has 1 aliphatic rings. The number of hydrogen-bond donors (Lipinski definition) is 1. The Bertz CT molecular complexity index is 714. The maximum Gasteiger partial charge on any atom is 0.335 e. The number of thiazole rings is 1. The van der Waals surface area contributed by atoms with Crippen molar-refractivity contribution in [2.45, 2.75) is 25.9 Å². The fourth-order valence-corrected chi connectivity index (χ4v) is 3.56. The number of ether oxygens (including phenoxy) is 1. The van der Waals surface area contributed by atoms with Crippen LogP contribution in [0.25, 0.3) is 10.6 Å². The van der Waals surface area contributed by atoms with Gasteiger partial charge in [0.1, 0.15) is 16.9 Å². The third kappa shape index (κ3) is 3.89. The summed E-state index contributed by atoms with van der Waals surface area (Å²) in [6.07, 6.45) is 3.99. The van der Waals surface area contributed by atoms with Crippen molar-refractivity contribution in [3.05, 3.63) is 34.8 Å². The average Bonchev–Trinajstić information content (AvgIpc) is 2.93. The molecule has 122 valence electrons. The van der Waals surface area contributed by atoms with Crippen LogP contribution in [-0.2, 0) is 0 Å². The number of carbonyl (C=O) groups is 1. The van der Waals surface area contributed by atoms with Gasteiger partial charge in [-0.3, -0.25) is 0 Å². The number of aryl methyl sites for hydroxylation is 1. The Morgan fingerprint density at radius 1 is 1.43 bits per heavy atom. The van der Waals surface area contributed by atoms with Crippen molar-refractivity contribution in [3.8, 4) is 16.3 Å². The van der Waals surface area contributed by atoms with Crippen LogP contribution in [0, 0.1) is 6.92 Å². The first kappa shape index (κ1) is 16.0. The first-order valence-corrected chi connectivity index (χ1v) is 8.49. The van der Waals surface area contributed by atoms with Crippen LogP contribution in [0.2, 0.25) is 0 Å². The fraction of sp³-hybridized carbons (Fsp3) is 0.412. The third-order valence-corrected chi connectivity index (χ3v) is 4.87. The van der Waals surface area contributed by atoms with Crippen LogP contribution in [0.3, 0.4) is 0 Å². The summed E-state index contributed by atoms with van der Waals surface area (Å²) >= 11 is 1.55. The topological polar surface area (TPSA) is 62.7 Å². The Kier molecular flexibility index (Phi) is 4.63. The summed E-state index contributed by atoms with van der Waals surface area (Å²) < 4.78 is 6.06. The molecular formula is C17H20N2O3S. The highest BCUT2D eigenvalue weighted by atomic mass is 32.1. The van der Waals surface area contributed by atoms with Crippen molar-refractivity contribution in [2.75, 3.05) is 20.1 Å². The van der Waals surface area contributed by atoms with Gasteiger partial charge in [0.05, 0.1) is 5.56 Å². The number of carboxylic acids is 1. The van der Waals surface area contributed by atoms with Crippen LogP contribution < -0.4 is 4.74 Å². The van der Waals surface area contributed by atoms with Crippen LogP contribution in [0.5, 0.6) is 5.75 Å².